The maximum absolute atomic E-state index is 13.1. The molecule has 1 aromatic heterocycles. The summed E-state index contributed by atoms with van der Waals surface area (Å²) in [6, 6.07) is -0.231. The molecule has 0 radical (unpaired) electrons. The summed E-state index contributed by atoms with van der Waals surface area (Å²) in [5.74, 6) is -5.09. The van der Waals surface area contributed by atoms with E-state index in [-0.39, 0.29) is 0 Å². The molecule has 86 valence electrons. The molecule has 2 N–H and O–H groups in total. The second-order valence-electron chi connectivity index (χ2n) is 3.00. The van der Waals surface area contributed by atoms with E-state index < -0.39 is 35.2 Å². The fraction of sp³-hybridized carbons (Fsp3) is 0.222. The highest BCUT2D eigenvalue weighted by Crippen LogP contribution is 2.08. The number of nitrogens with one attached hydrogen (secondary N) is 1. The highest BCUT2D eigenvalue weighted by atomic mass is 19.2. The third-order valence-electron chi connectivity index (χ3n) is 1.81. The third kappa shape index (κ3) is 2.50. The van der Waals surface area contributed by atoms with Crippen molar-refractivity contribution in [2.24, 2.45) is 0 Å². The molecule has 0 fully saturated rings. The van der Waals surface area contributed by atoms with E-state index in [1.807, 2.05) is 5.32 Å². The summed E-state index contributed by atoms with van der Waals surface area (Å²) in [5, 5.41) is 10.5. The van der Waals surface area contributed by atoms with Gasteiger partial charge in [0.2, 0.25) is 5.95 Å². The van der Waals surface area contributed by atoms with E-state index in [4.69, 9.17) is 5.11 Å². The number of pyridine rings is 1. The number of hydrogen-bond acceptors (Lipinski definition) is 3. The van der Waals surface area contributed by atoms with Crippen LogP contribution in [-0.4, -0.2) is 28.0 Å². The molecule has 0 aliphatic carbocycles. The summed E-state index contributed by atoms with van der Waals surface area (Å²) in [6.07, 6.45) is 0.915. The monoisotopic (exact) mass is 230 g/mol. The van der Waals surface area contributed by atoms with Crippen molar-refractivity contribution >= 4 is 11.9 Å². The molecule has 0 unspecified atom stereocenters. The molecule has 0 aromatic carbocycles. The zero-order chi connectivity index (χ0) is 12.3. The summed E-state index contributed by atoms with van der Waals surface area (Å²) in [4.78, 5) is 24.7. The van der Waals surface area contributed by atoms with E-state index in [1.54, 1.807) is 0 Å². The number of rotatable bonds is 3. The number of aliphatic carboxylic acids is 1. The first-order chi connectivity index (χ1) is 7.43. The zero-order valence-electron chi connectivity index (χ0n) is 8.20. The Labute approximate surface area is 89.1 Å². The van der Waals surface area contributed by atoms with Gasteiger partial charge in [0.05, 0.1) is 5.56 Å². The Morgan fingerprint density at radius 1 is 1.50 bits per heavy atom. The molecule has 1 amide bonds. The lowest BCUT2D eigenvalue weighted by Gasteiger charge is -2.09. The Bertz CT molecular complexity index is 437. The largest absolute Gasteiger partial charge is 0.480 e. The van der Waals surface area contributed by atoms with Crippen LogP contribution in [0, 0.1) is 11.8 Å². The zero-order valence-corrected chi connectivity index (χ0v) is 8.20. The Kier molecular flexibility index (Phi) is 3.49. The molecule has 0 aliphatic rings. The van der Waals surface area contributed by atoms with Gasteiger partial charge in [-0.2, -0.15) is 4.39 Å². The van der Waals surface area contributed by atoms with E-state index in [1.165, 1.54) is 6.92 Å². The molecule has 7 heteroatoms. The van der Waals surface area contributed by atoms with Gasteiger partial charge in [0.15, 0.2) is 5.82 Å². The quantitative estimate of drug-likeness (QED) is 0.743. The fourth-order valence-electron chi connectivity index (χ4n) is 0.930. The van der Waals surface area contributed by atoms with Crippen molar-refractivity contribution in [3.8, 4) is 0 Å². The van der Waals surface area contributed by atoms with Crippen molar-refractivity contribution in [1.29, 1.82) is 0 Å². The number of amides is 1. The number of carboxylic acids is 1. The van der Waals surface area contributed by atoms with Crippen LogP contribution in [-0.2, 0) is 4.79 Å². The average molecular weight is 230 g/mol. The van der Waals surface area contributed by atoms with Gasteiger partial charge in [0, 0.05) is 6.20 Å². The average Bonchev–Trinajstić information content (AvgIpc) is 2.21. The highest BCUT2D eigenvalue weighted by Gasteiger charge is 2.20. The van der Waals surface area contributed by atoms with Crippen LogP contribution in [0.3, 0.4) is 0 Å². The predicted molar refractivity (Wildman–Crippen MR) is 48.7 cm³/mol. The van der Waals surface area contributed by atoms with Crippen LogP contribution in [0.2, 0.25) is 0 Å². The molecule has 5 nitrogen and oxygen atoms in total. The summed E-state index contributed by atoms with van der Waals surface area (Å²) in [5.41, 5.74) is -0.583. The van der Waals surface area contributed by atoms with Crippen LogP contribution in [0.4, 0.5) is 8.78 Å². The van der Waals surface area contributed by atoms with Crippen LogP contribution in [0.1, 0.15) is 17.3 Å². The van der Waals surface area contributed by atoms with Gasteiger partial charge in [-0.25, -0.2) is 9.37 Å². The number of hydrogen-bond donors (Lipinski definition) is 2. The van der Waals surface area contributed by atoms with Gasteiger partial charge in [-0.15, -0.1) is 0 Å². The molecule has 0 aliphatic heterocycles. The third-order valence-corrected chi connectivity index (χ3v) is 1.81. The van der Waals surface area contributed by atoms with E-state index in [2.05, 4.69) is 4.98 Å². The topological polar surface area (TPSA) is 79.3 Å². The van der Waals surface area contributed by atoms with E-state index >= 15 is 0 Å². The minimum absolute atomic E-state index is 0.583. The van der Waals surface area contributed by atoms with Gasteiger partial charge < -0.3 is 10.4 Å². The Hall–Kier alpha value is -2.05. The van der Waals surface area contributed by atoms with Gasteiger partial charge in [-0.05, 0) is 13.0 Å². The van der Waals surface area contributed by atoms with Crippen LogP contribution >= 0.6 is 0 Å². The Balaban J connectivity index is 2.89. The first-order valence-electron chi connectivity index (χ1n) is 4.27. The minimum Gasteiger partial charge on any atom is -0.480 e. The number of carbonyl (C=O) groups excluding carboxylic acids is 1. The minimum atomic E-state index is -1.41. The van der Waals surface area contributed by atoms with Gasteiger partial charge >= 0.3 is 5.97 Å². The van der Waals surface area contributed by atoms with Crippen LogP contribution in [0.25, 0.3) is 0 Å². The summed E-state index contributed by atoms with van der Waals surface area (Å²) < 4.78 is 25.7. The Morgan fingerprint density at radius 2 is 2.12 bits per heavy atom. The standard InChI is InChI=1S/C9H8F2N2O3/c1-4(9(15)16)13-8(14)5-2-3-12-7(11)6(5)10/h2-4H,1H3,(H,13,14)(H,15,16)/t4-/m0/s1. The molecular formula is C9H8F2N2O3. The van der Waals surface area contributed by atoms with Gasteiger partial charge in [0.1, 0.15) is 6.04 Å². The molecular weight excluding hydrogens is 222 g/mol. The second-order valence-corrected chi connectivity index (χ2v) is 3.00. The van der Waals surface area contributed by atoms with Crippen LogP contribution < -0.4 is 5.32 Å². The molecule has 1 rings (SSSR count). The van der Waals surface area contributed by atoms with Crippen LogP contribution in [0.5, 0.6) is 0 Å². The normalized spacial score (nSPS) is 11.9. The molecule has 16 heavy (non-hydrogen) atoms. The smallest absolute Gasteiger partial charge is 0.325 e. The molecule has 0 bridgehead atoms. The highest BCUT2D eigenvalue weighted by molar-refractivity contribution is 5.96. The molecule has 0 saturated carbocycles. The van der Waals surface area contributed by atoms with Crippen molar-refractivity contribution in [3.63, 3.8) is 0 Å². The van der Waals surface area contributed by atoms with Gasteiger partial charge in [-0.1, -0.05) is 0 Å². The summed E-state index contributed by atoms with van der Waals surface area (Å²) in [6.45, 7) is 1.20. The van der Waals surface area contributed by atoms with Gasteiger partial charge in [0.25, 0.3) is 5.91 Å². The molecule has 1 heterocycles. The maximum atomic E-state index is 13.1. The fourth-order valence-corrected chi connectivity index (χ4v) is 0.930. The van der Waals surface area contributed by atoms with Crippen molar-refractivity contribution in [1.82, 2.24) is 10.3 Å². The van der Waals surface area contributed by atoms with Gasteiger partial charge in [-0.3, -0.25) is 9.59 Å². The maximum Gasteiger partial charge on any atom is 0.325 e. The number of halogens is 2. The first kappa shape index (κ1) is 12.0. The molecule has 0 saturated heterocycles. The SMILES string of the molecule is C[C@H](NC(=O)c1ccnc(F)c1F)C(=O)O. The number of carbonyl (C=O) groups is 2. The number of nitrogens with zero attached hydrogens (tertiary/aromatic N) is 1. The van der Waals surface area contributed by atoms with Crippen molar-refractivity contribution in [2.45, 2.75) is 13.0 Å². The molecule has 1 aromatic rings. The second kappa shape index (κ2) is 4.65. The lowest BCUT2D eigenvalue weighted by atomic mass is 10.2. The lowest BCUT2D eigenvalue weighted by molar-refractivity contribution is -0.138. The lowest BCUT2D eigenvalue weighted by Crippen LogP contribution is -2.38. The molecule has 0 spiro atoms. The first-order valence-corrected chi connectivity index (χ1v) is 4.27. The summed E-state index contributed by atoms with van der Waals surface area (Å²) >= 11 is 0. The van der Waals surface area contributed by atoms with E-state index in [0.717, 1.165) is 12.3 Å². The number of aromatic nitrogens is 1. The van der Waals surface area contributed by atoms with Crippen molar-refractivity contribution in [3.05, 3.63) is 29.6 Å². The van der Waals surface area contributed by atoms with E-state index in [0.29, 0.717) is 0 Å². The predicted octanol–water partition coefficient (Wildman–Crippen LogP) is 0.563. The number of carboxylic acid groups (broad SMARTS) is 1. The van der Waals surface area contributed by atoms with E-state index in [9.17, 15) is 18.4 Å². The van der Waals surface area contributed by atoms with Crippen LogP contribution in [0.15, 0.2) is 12.3 Å². The Morgan fingerprint density at radius 3 is 2.69 bits per heavy atom. The van der Waals surface area contributed by atoms with Crippen molar-refractivity contribution in [2.75, 3.05) is 0 Å². The summed E-state index contributed by atoms with van der Waals surface area (Å²) in [7, 11) is 0. The van der Waals surface area contributed by atoms with Crippen molar-refractivity contribution < 1.29 is 23.5 Å². The molecule has 1 atom stereocenters.